The Hall–Kier alpha value is -0.900. The van der Waals surface area contributed by atoms with E-state index in [0.29, 0.717) is 12.4 Å². The molecule has 1 unspecified atom stereocenters. The third-order valence-corrected chi connectivity index (χ3v) is 4.62. The molecule has 2 rings (SSSR count). The van der Waals surface area contributed by atoms with Gasteiger partial charge in [-0.15, -0.1) is 11.8 Å². The number of thioether (sulfide) groups is 1. The molecule has 0 aliphatic carbocycles. The maximum absolute atomic E-state index is 14.3. The molecule has 126 valence electrons. The van der Waals surface area contributed by atoms with E-state index >= 15 is 0 Å². The fourth-order valence-corrected chi connectivity index (χ4v) is 3.11. The van der Waals surface area contributed by atoms with Crippen LogP contribution in [0.3, 0.4) is 0 Å². The standard InChI is InChI=1S/C15H15F3INO2S/c1-23-8-22-12-4-2-3-9(16)14(12)11-6-5-10(19)15(21)20(11)7-13(17)18/h2-4,6,10,13H,5,7-8H2,1H3. The van der Waals surface area contributed by atoms with E-state index in [1.807, 2.05) is 28.8 Å². The number of carbonyl (C=O) groups excluding carboxylic acids is 1. The molecule has 0 radical (unpaired) electrons. The highest BCUT2D eigenvalue weighted by molar-refractivity contribution is 14.1. The molecule has 0 aromatic heterocycles. The lowest BCUT2D eigenvalue weighted by Gasteiger charge is -2.32. The fourth-order valence-electron chi connectivity index (χ4n) is 2.27. The van der Waals surface area contributed by atoms with Crippen molar-refractivity contribution in [2.75, 3.05) is 18.7 Å². The summed E-state index contributed by atoms with van der Waals surface area (Å²) in [4.78, 5) is 13.2. The normalized spacial score (nSPS) is 18.3. The molecule has 1 aliphatic heterocycles. The smallest absolute Gasteiger partial charge is 0.256 e. The van der Waals surface area contributed by atoms with Crippen LogP contribution >= 0.6 is 34.4 Å². The largest absolute Gasteiger partial charge is 0.482 e. The lowest BCUT2D eigenvalue weighted by atomic mass is 10.0. The molecule has 0 spiro atoms. The van der Waals surface area contributed by atoms with Crippen LogP contribution in [0.25, 0.3) is 5.70 Å². The van der Waals surface area contributed by atoms with Crippen LogP contribution in [0.2, 0.25) is 0 Å². The van der Waals surface area contributed by atoms with Crippen molar-refractivity contribution in [2.45, 2.75) is 16.8 Å². The average molecular weight is 457 g/mol. The quantitative estimate of drug-likeness (QED) is 0.365. The van der Waals surface area contributed by atoms with Gasteiger partial charge in [-0.3, -0.25) is 4.79 Å². The number of halogens is 4. The minimum absolute atomic E-state index is 0.0545. The Morgan fingerprint density at radius 1 is 1.48 bits per heavy atom. The Kier molecular flexibility index (Phi) is 6.63. The SMILES string of the molecule is CSCOc1cccc(F)c1C1=CCC(I)C(=O)N1CC(F)F. The van der Waals surface area contributed by atoms with Crippen LogP contribution in [0.4, 0.5) is 13.2 Å². The van der Waals surface area contributed by atoms with Crippen LogP contribution in [0, 0.1) is 5.82 Å². The van der Waals surface area contributed by atoms with Gasteiger partial charge < -0.3 is 9.64 Å². The van der Waals surface area contributed by atoms with E-state index in [1.165, 1.54) is 23.9 Å². The van der Waals surface area contributed by atoms with Crippen LogP contribution in [0.15, 0.2) is 24.3 Å². The van der Waals surface area contributed by atoms with Crippen molar-refractivity contribution < 1.29 is 22.7 Å². The van der Waals surface area contributed by atoms with Gasteiger partial charge in [0.25, 0.3) is 6.43 Å². The molecule has 0 bridgehead atoms. The number of carbonyl (C=O) groups is 1. The second-order valence-electron chi connectivity index (χ2n) is 4.80. The molecule has 1 heterocycles. The van der Waals surface area contributed by atoms with Crippen molar-refractivity contribution in [1.29, 1.82) is 0 Å². The van der Waals surface area contributed by atoms with Crippen LogP contribution in [0.5, 0.6) is 5.75 Å². The number of hydrogen-bond acceptors (Lipinski definition) is 3. The predicted molar refractivity (Wildman–Crippen MR) is 93.5 cm³/mol. The Labute approximate surface area is 150 Å². The lowest BCUT2D eigenvalue weighted by molar-refractivity contribution is -0.128. The summed E-state index contributed by atoms with van der Waals surface area (Å²) >= 11 is 3.31. The summed E-state index contributed by atoms with van der Waals surface area (Å²) in [6.07, 6.45) is 1.11. The van der Waals surface area contributed by atoms with Crippen molar-refractivity contribution in [1.82, 2.24) is 4.90 Å². The van der Waals surface area contributed by atoms with E-state index in [2.05, 4.69) is 0 Å². The third-order valence-electron chi connectivity index (χ3n) is 3.23. The van der Waals surface area contributed by atoms with Gasteiger partial charge in [-0.1, -0.05) is 34.7 Å². The molecule has 23 heavy (non-hydrogen) atoms. The molecular formula is C15H15F3INO2S. The van der Waals surface area contributed by atoms with Gasteiger partial charge in [-0.05, 0) is 24.8 Å². The molecule has 0 fully saturated rings. The fraction of sp³-hybridized carbons (Fsp3) is 0.400. The number of alkyl halides is 3. The van der Waals surface area contributed by atoms with E-state index in [9.17, 15) is 18.0 Å². The average Bonchev–Trinajstić information content (AvgIpc) is 2.50. The van der Waals surface area contributed by atoms with Crippen LogP contribution in [0.1, 0.15) is 12.0 Å². The lowest BCUT2D eigenvalue weighted by Crippen LogP contribution is -2.41. The Balaban J connectivity index is 2.47. The number of amides is 1. The zero-order valence-electron chi connectivity index (χ0n) is 12.3. The van der Waals surface area contributed by atoms with E-state index in [1.54, 1.807) is 12.1 Å². The van der Waals surface area contributed by atoms with Gasteiger partial charge in [0, 0.05) is 0 Å². The van der Waals surface area contributed by atoms with Crippen molar-refractivity contribution in [3.63, 3.8) is 0 Å². The Morgan fingerprint density at radius 2 is 2.22 bits per heavy atom. The first-order valence-electron chi connectivity index (χ1n) is 6.80. The first kappa shape index (κ1) is 18.4. The molecular weight excluding hydrogens is 442 g/mol. The van der Waals surface area contributed by atoms with Gasteiger partial charge in [-0.25, -0.2) is 13.2 Å². The number of rotatable bonds is 6. The summed E-state index contributed by atoms with van der Waals surface area (Å²) in [7, 11) is 0. The molecule has 1 aromatic rings. The number of hydrogen-bond donors (Lipinski definition) is 0. The minimum Gasteiger partial charge on any atom is -0.482 e. The van der Waals surface area contributed by atoms with Gasteiger partial charge >= 0.3 is 0 Å². The summed E-state index contributed by atoms with van der Waals surface area (Å²) in [6.45, 7) is -0.763. The number of benzene rings is 1. The zero-order valence-corrected chi connectivity index (χ0v) is 15.2. The van der Waals surface area contributed by atoms with E-state index in [-0.39, 0.29) is 17.0 Å². The molecule has 1 amide bonds. The molecule has 3 nitrogen and oxygen atoms in total. The van der Waals surface area contributed by atoms with Crippen molar-refractivity contribution in [3.05, 3.63) is 35.7 Å². The summed E-state index contributed by atoms with van der Waals surface area (Å²) in [5.74, 6) is -0.512. The Bertz CT molecular complexity index is 612. The predicted octanol–water partition coefficient (Wildman–Crippen LogP) is 4.17. The molecule has 1 aromatic carbocycles. The highest BCUT2D eigenvalue weighted by Gasteiger charge is 2.33. The molecule has 0 N–H and O–H groups in total. The van der Waals surface area contributed by atoms with Gasteiger partial charge in [-0.2, -0.15) is 0 Å². The molecule has 1 aliphatic rings. The van der Waals surface area contributed by atoms with E-state index in [0.717, 1.165) is 4.90 Å². The number of ether oxygens (including phenoxy) is 1. The monoisotopic (exact) mass is 457 g/mol. The maximum Gasteiger partial charge on any atom is 0.256 e. The third kappa shape index (κ3) is 4.34. The van der Waals surface area contributed by atoms with Gasteiger partial charge in [0.15, 0.2) is 0 Å². The summed E-state index contributed by atoms with van der Waals surface area (Å²) < 4.78 is 45.1. The topological polar surface area (TPSA) is 29.5 Å². The minimum atomic E-state index is -2.70. The summed E-state index contributed by atoms with van der Waals surface area (Å²) in [5, 5.41) is 0. The zero-order chi connectivity index (χ0) is 17.0. The second-order valence-corrected chi connectivity index (χ2v) is 7.11. The molecule has 0 saturated heterocycles. The van der Waals surface area contributed by atoms with Crippen molar-refractivity contribution in [2.24, 2.45) is 0 Å². The van der Waals surface area contributed by atoms with Crippen molar-refractivity contribution in [3.8, 4) is 5.75 Å². The van der Waals surface area contributed by atoms with Crippen LogP contribution in [-0.4, -0.2) is 39.9 Å². The maximum atomic E-state index is 14.3. The second kappa shape index (κ2) is 8.27. The number of allylic oxidation sites excluding steroid dienone is 1. The van der Waals surface area contributed by atoms with Gasteiger partial charge in [0.2, 0.25) is 5.91 Å². The highest BCUT2D eigenvalue weighted by atomic mass is 127. The van der Waals surface area contributed by atoms with Crippen LogP contribution < -0.4 is 4.74 Å². The first-order valence-corrected chi connectivity index (χ1v) is 9.44. The first-order chi connectivity index (χ1) is 11.0. The van der Waals surface area contributed by atoms with E-state index in [4.69, 9.17) is 4.74 Å². The summed E-state index contributed by atoms with van der Waals surface area (Å²) in [6, 6.07) is 4.28. The highest BCUT2D eigenvalue weighted by Crippen LogP contribution is 2.36. The van der Waals surface area contributed by atoms with Gasteiger partial charge in [0.05, 0.1) is 21.7 Å². The number of nitrogens with zero attached hydrogens (tertiary/aromatic N) is 1. The van der Waals surface area contributed by atoms with Crippen molar-refractivity contribution >= 4 is 46.0 Å². The molecule has 8 heteroatoms. The van der Waals surface area contributed by atoms with E-state index < -0.39 is 28.6 Å². The Morgan fingerprint density at radius 3 is 2.87 bits per heavy atom. The molecule has 0 saturated carbocycles. The molecule has 1 atom stereocenters. The summed E-state index contributed by atoms with van der Waals surface area (Å²) in [5.41, 5.74) is 0.205. The van der Waals surface area contributed by atoms with Gasteiger partial charge in [0.1, 0.15) is 17.5 Å². The van der Waals surface area contributed by atoms with Crippen LogP contribution in [-0.2, 0) is 4.79 Å².